The Kier molecular flexibility index (Phi) is 6.57. The number of piperazine rings is 1. The van der Waals surface area contributed by atoms with Gasteiger partial charge >= 0.3 is 0 Å². The zero-order chi connectivity index (χ0) is 22.7. The Balaban J connectivity index is 1.41. The van der Waals surface area contributed by atoms with Crippen molar-refractivity contribution >= 4 is 28.8 Å². The van der Waals surface area contributed by atoms with Gasteiger partial charge in [0, 0.05) is 50.3 Å². The van der Waals surface area contributed by atoms with Crippen LogP contribution >= 0.6 is 11.3 Å². The van der Waals surface area contributed by atoms with Crippen LogP contribution in [-0.2, 0) is 6.54 Å². The number of hydrogen-bond acceptors (Lipinski definition) is 6. The molecule has 2 aromatic heterocycles. The van der Waals surface area contributed by atoms with Crippen molar-refractivity contribution in [2.45, 2.75) is 20.4 Å². The first-order chi connectivity index (χ1) is 15.4. The summed E-state index contributed by atoms with van der Waals surface area (Å²) in [5, 5.41) is 2.81. The van der Waals surface area contributed by atoms with E-state index in [1.54, 1.807) is 23.8 Å². The number of carbonyl (C=O) groups excluding carboxylic acids is 2. The van der Waals surface area contributed by atoms with E-state index in [2.05, 4.69) is 20.2 Å². The highest BCUT2D eigenvalue weighted by molar-refractivity contribution is 7.11. The lowest BCUT2D eigenvalue weighted by atomic mass is 10.0. The van der Waals surface area contributed by atoms with Gasteiger partial charge in [-0.15, -0.1) is 11.3 Å². The zero-order valence-corrected chi connectivity index (χ0v) is 18.8. The number of pyridine rings is 1. The summed E-state index contributed by atoms with van der Waals surface area (Å²) in [6.45, 7) is 6.86. The summed E-state index contributed by atoms with van der Waals surface area (Å²) in [7, 11) is 0. The van der Waals surface area contributed by atoms with Crippen LogP contribution < -0.4 is 5.32 Å². The van der Waals surface area contributed by atoms with Gasteiger partial charge in [0.05, 0.1) is 17.3 Å². The van der Waals surface area contributed by atoms with Gasteiger partial charge in [-0.2, -0.15) is 0 Å². The molecule has 1 aliphatic rings. The monoisotopic (exact) mass is 453 g/mol. The summed E-state index contributed by atoms with van der Waals surface area (Å²) in [4.78, 5) is 37.8. The second-order valence-corrected chi connectivity index (χ2v) is 8.70. The van der Waals surface area contributed by atoms with E-state index in [1.807, 2.05) is 18.7 Å². The van der Waals surface area contributed by atoms with Gasteiger partial charge in [-0.25, -0.2) is 4.39 Å². The van der Waals surface area contributed by atoms with Crippen LogP contribution in [0.25, 0.3) is 0 Å². The van der Waals surface area contributed by atoms with Crippen molar-refractivity contribution in [1.82, 2.24) is 19.8 Å². The third-order valence-corrected chi connectivity index (χ3v) is 6.36. The Bertz CT molecular complexity index is 1110. The molecule has 1 aromatic carbocycles. The van der Waals surface area contributed by atoms with Crippen LogP contribution in [-0.4, -0.2) is 57.8 Å². The first-order valence-electron chi connectivity index (χ1n) is 10.3. The lowest BCUT2D eigenvalue weighted by Crippen LogP contribution is -2.48. The van der Waals surface area contributed by atoms with Crippen LogP contribution in [0.15, 0.2) is 42.2 Å². The molecule has 32 heavy (non-hydrogen) atoms. The van der Waals surface area contributed by atoms with E-state index in [4.69, 9.17) is 0 Å². The average Bonchev–Trinajstić information content (AvgIpc) is 3.32. The summed E-state index contributed by atoms with van der Waals surface area (Å²) >= 11 is 1.34. The van der Waals surface area contributed by atoms with E-state index in [-0.39, 0.29) is 11.8 Å². The fourth-order valence-electron chi connectivity index (χ4n) is 3.65. The molecule has 166 valence electrons. The van der Waals surface area contributed by atoms with Gasteiger partial charge in [0.1, 0.15) is 10.7 Å². The first kappa shape index (κ1) is 22.0. The second-order valence-electron chi connectivity index (χ2n) is 7.81. The fourth-order valence-corrected chi connectivity index (χ4v) is 4.24. The number of halogens is 1. The Labute approximate surface area is 189 Å². The Morgan fingerprint density at radius 3 is 2.56 bits per heavy atom. The zero-order valence-electron chi connectivity index (χ0n) is 18.0. The minimum atomic E-state index is -0.401. The van der Waals surface area contributed by atoms with E-state index >= 15 is 0 Å². The molecule has 0 spiro atoms. The van der Waals surface area contributed by atoms with E-state index < -0.39 is 5.82 Å². The van der Waals surface area contributed by atoms with Crippen LogP contribution in [0.1, 0.15) is 36.9 Å². The molecule has 0 unspecified atom stereocenters. The lowest BCUT2D eigenvalue weighted by molar-refractivity contribution is 0.0632. The Morgan fingerprint density at radius 1 is 1.12 bits per heavy atom. The van der Waals surface area contributed by atoms with Crippen molar-refractivity contribution < 1.29 is 14.0 Å². The van der Waals surface area contributed by atoms with Crippen molar-refractivity contribution in [2.75, 3.05) is 31.5 Å². The summed E-state index contributed by atoms with van der Waals surface area (Å²) in [5.74, 6) is -0.723. The van der Waals surface area contributed by atoms with Crippen LogP contribution in [0.3, 0.4) is 0 Å². The molecule has 1 saturated heterocycles. The highest BCUT2D eigenvalue weighted by Gasteiger charge is 2.24. The number of rotatable bonds is 5. The third kappa shape index (κ3) is 5.00. The summed E-state index contributed by atoms with van der Waals surface area (Å²) in [5.41, 5.74) is 4.97. The van der Waals surface area contributed by atoms with Crippen LogP contribution in [0.4, 0.5) is 10.1 Å². The maximum Gasteiger partial charge on any atom is 0.265 e. The van der Waals surface area contributed by atoms with Gasteiger partial charge < -0.3 is 10.2 Å². The van der Waals surface area contributed by atoms with Crippen molar-refractivity contribution in [2.24, 2.45) is 0 Å². The smallest absolute Gasteiger partial charge is 0.265 e. The van der Waals surface area contributed by atoms with E-state index in [0.29, 0.717) is 48.9 Å². The minimum Gasteiger partial charge on any atom is -0.335 e. The highest BCUT2D eigenvalue weighted by Crippen LogP contribution is 2.24. The molecule has 0 aliphatic carbocycles. The quantitative estimate of drug-likeness (QED) is 0.640. The highest BCUT2D eigenvalue weighted by atomic mass is 32.1. The molecular formula is C23H24FN5O2S. The molecule has 4 rings (SSSR count). The van der Waals surface area contributed by atoms with E-state index in [9.17, 15) is 14.0 Å². The van der Waals surface area contributed by atoms with Gasteiger partial charge in [-0.3, -0.25) is 24.5 Å². The summed E-state index contributed by atoms with van der Waals surface area (Å²) < 4.78 is 14.4. The maximum absolute atomic E-state index is 14.4. The van der Waals surface area contributed by atoms with Crippen molar-refractivity contribution in [3.8, 4) is 0 Å². The number of thiazole rings is 1. The maximum atomic E-state index is 14.4. The third-order valence-electron chi connectivity index (χ3n) is 5.60. The lowest BCUT2D eigenvalue weighted by Gasteiger charge is -2.34. The number of amides is 2. The van der Waals surface area contributed by atoms with Crippen LogP contribution in [0, 0.1) is 19.7 Å². The molecule has 0 atom stereocenters. The number of aromatic nitrogens is 2. The minimum absolute atomic E-state index is 0.00433. The summed E-state index contributed by atoms with van der Waals surface area (Å²) in [6, 6.07) is 6.30. The molecule has 9 heteroatoms. The van der Waals surface area contributed by atoms with Crippen molar-refractivity contribution in [1.29, 1.82) is 0 Å². The topological polar surface area (TPSA) is 78.4 Å². The second kappa shape index (κ2) is 9.54. The number of benzene rings is 1. The molecule has 1 aliphatic heterocycles. The largest absolute Gasteiger partial charge is 0.335 e. The van der Waals surface area contributed by atoms with Crippen molar-refractivity contribution in [3.63, 3.8) is 0 Å². The molecule has 1 N–H and O–H groups in total. The number of nitrogens with one attached hydrogen (secondary N) is 1. The molecular weight excluding hydrogens is 429 g/mol. The van der Waals surface area contributed by atoms with Crippen LogP contribution in [0.2, 0.25) is 0 Å². The number of aryl methyl sites for hydroxylation is 1. The molecule has 7 nitrogen and oxygen atoms in total. The van der Waals surface area contributed by atoms with Gasteiger partial charge in [0.25, 0.3) is 11.8 Å². The Hall–Kier alpha value is -3.17. The molecule has 2 amide bonds. The number of hydrogen-bond donors (Lipinski definition) is 1. The number of anilines is 1. The SMILES string of the molecule is Cc1ccc(C(=O)Nc2cc(F)cc(CN3CCN(C(=O)c4cncs4)CC3)c2C)cn1. The van der Waals surface area contributed by atoms with Gasteiger partial charge in [0.15, 0.2) is 0 Å². The van der Waals surface area contributed by atoms with E-state index in [0.717, 1.165) is 16.8 Å². The molecule has 3 aromatic rings. The van der Waals surface area contributed by atoms with Gasteiger partial charge in [0.2, 0.25) is 0 Å². The molecule has 0 saturated carbocycles. The van der Waals surface area contributed by atoms with Crippen molar-refractivity contribution in [3.05, 3.63) is 75.2 Å². The fraction of sp³-hybridized carbons (Fsp3) is 0.304. The van der Waals surface area contributed by atoms with E-state index in [1.165, 1.54) is 29.7 Å². The van der Waals surface area contributed by atoms with Gasteiger partial charge in [-0.05, 0) is 49.2 Å². The number of carbonyl (C=O) groups is 2. The van der Waals surface area contributed by atoms with Crippen LogP contribution in [0.5, 0.6) is 0 Å². The molecule has 0 radical (unpaired) electrons. The molecule has 1 fully saturated rings. The predicted molar refractivity (Wildman–Crippen MR) is 121 cm³/mol. The van der Waals surface area contributed by atoms with Gasteiger partial charge in [-0.1, -0.05) is 0 Å². The standard InChI is InChI=1S/C23H24FN5O2S/c1-15-3-4-17(11-26-15)22(30)27-20-10-19(24)9-18(16(20)2)13-28-5-7-29(8-6-28)23(31)21-12-25-14-32-21/h3-4,9-12,14H,5-8,13H2,1-2H3,(H,27,30). The summed E-state index contributed by atoms with van der Waals surface area (Å²) in [6.07, 6.45) is 3.10. The molecule has 3 heterocycles. The molecule has 0 bridgehead atoms. The Morgan fingerprint density at radius 2 is 1.91 bits per heavy atom. The normalized spacial score (nSPS) is 14.4. The number of nitrogens with zero attached hydrogens (tertiary/aromatic N) is 4. The average molecular weight is 454 g/mol. The predicted octanol–water partition coefficient (Wildman–Crippen LogP) is 3.50. The first-order valence-corrected chi connectivity index (χ1v) is 11.2.